The molecule has 1 saturated carbocycles. The fourth-order valence-electron chi connectivity index (χ4n) is 5.65. The third-order valence-electron chi connectivity index (χ3n) is 7.92. The van der Waals surface area contributed by atoms with Gasteiger partial charge in [0.1, 0.15) is 11.2 Å². The van der Waals surface area contributed by atoms with Crippen molar-refractivity contribution in [3.8, 4) is 22.8 Å². The number of rotatable bonds is 5. The smallest absolute Gasteiger partial charge is 0.227 e. The zero-order valence-corrected chi connectivity index (χ0v) is 21.8. The Kier molecular flexibility index (Phi) is 5.92. The van der Waals surface area contributed by atoms with Crippen LogP contribution in [0.15, 0.2) is 43.1 Å². The number of piperazine rings is 1. The summed E-state index contributed by atoms with van der Waals surface area (Å²) in [6.07, 6.45) is 13.1. The number of carbonyl (C=O) groups is 1. The molecule has 0 radical (unpaired) electrons. The number of aromatic nitrogens is 7. The molecule has 1 saturated heterocycles. The van der Waals surface area contributed by atoms with Gasteiger partial charge in [0.15, 0.2) is 5.82 Å². The number of likely N-dealkylation sites (N-methyl/N-ethyl adjacent to an activating group) is 1. The van der Waals surface area contributed by atoms with Crippen molar-refractivity contribution >= 4 is 39.2 Å². The molecule has 5 aromatic heterocycles. The van der Waals surface area contributed by atoms with Gasteiger partial charge in [0, 0.05) is 49.2 Å². The van der Waals surface area contributed by atoms with Gasteiger partial charge in [0.2, 0.25) is 5.91 Å². The quantitative estimate of drug-likeness (QED) is 0.317. The number of fused-ring (bicyclic) bond motifs is 2. The van der Waals surface area contributed by atoms with Crippen LogP contribution in [-0.4, -0.2) is 79.2 Å². The van der Waals surface area contributed by atoms with Crippen LogP contribution in [0, 0.1) is 5.92 Å². The van der Waals surface area contributed by atoms with Crippen molar-refractivity contribution in [3.63, 3.8) is 0 Å². The predicted molar refractivity (Wildman–Crippen MR) is 150 cm³/mol. The highest BCUT2D eigenvalue weighted by atomic mass is 16.1. The van der Waals surface area contributed by atoms with Crippen molar-refractivity contribution in [3.05, 3.63) is 43.1 Å². The van der Waals surface area contributed by atoms with Crippen LogP contribution < -0.4 is 10.2 Å². The first-order chi connectivity index (χ1) is 19.1. The molecule has 3 N–H and O–H groups in total. The van der Waals surface area contributed by atoms with Crippen LogP contribution in [0.1, 0.15) is 25.7 Å². The van der Waals surface area contributed by atoms with Gasteiger partial charge in [-0.15, -0.1) is 0 Å². The topological polar surface area (TPSA) is 132 Å². The van der Waals surface area contributed by atoms with Crippen LogP contribution in [0.2, 0.25) is 0 Å². The van der Waals surface area contributed by atoms with Crippen molar-refractivity contribution in [2.24, 2.45) is 5.92 Å². The average molecular weight is 523 g/mol. The molecule has 0 unspecified atom stereocenters. The van der Waals surface area contributed by atoms with Crippen LogP contribution >= 0.6 is 0 Å². The molecule has 5 aromatic rings. The van der Waals surface area contributed by atoms with Crippen molar-refractivity contribution in [1.29, 1.82) is 0 Å². The Morgan fingerprint density at radius 2 is 1.79 bits per heavy atom. The van der Waals surface area contributed by atoms with E-state index in [4.69, 9.17) is 4.98 Å². The Balaban J connectivity index is 1.21. The predicted octanol–water partition coefficient (Wildman–Crippen LogP) is 3.84. The van der Waals surface area contributed by atoms with E-state index in [1.807, 2.05) is 24.5 Å². The van der Waals surface area contributed by atoms with Gasteiger partial charge in [0.05, 0.1) is 52.9 Å². The summed E-state index contributed by atoms with van der Waals surface area (Å²) < 4.78 is 0. The van der Waals surface area contributed by atoms with Crippen LogP contribution in [0.25, 0.3) is 44.7 Å². The van der Waals surface area contributed by atoms with Gasteiger partial charge in [-0.3, -0.25) is 24.8 Å². The van der Waals surface area contributed by atoms with E-state index in [0.29, 0.717) is 17.2 Å². The minimum atomic E-state index is 0.0716. The molecule has 39 heavy (non-hydrogen) atoms. The number of H-pyrrole nitrogens is 2. The largest absolute Gasteiger partial charge is 0.366 e. The highest BCUT2D eigenvalue weighted by Gasteiger charge is 2.23. The van der Waals surface area contributed by atoms with Gasteiger partial charge in [0.25, 0.3) is 0 Å². The first-order valence-corrected chi connectivity index (χ1v) is 13.5. The molecule has 1 amide bonds. The van der Waals surface area contributed by atoms with Crippen molar-refractivity contribution < 1.29 is 4.79 Å². The summed E-state index contributed by atoms with van der Waals surface area (Å²) in [7, 11) is 2.15. The zero-order chi connectivity index (χ0) is 26.3. The van der Waals surface area contributed by atoms with Gasteiger partial charge in [-0.05, 0) is 32.0 Å². The van der Waals surface area contributed by atoms with Crippen molar-refractivity contribution in [1.82, 2.24) is 40.0 Å². The number of amides is 1. The first kappa shape index (κ1) is 23.7. The molecule has 0 aromatic carbocycles. The van der Waals surface area contributed by atoms with Crippen LogP contribution in [-0.2, 0) is 4.79 Å². The standard InChI is InChI=1S/C28H30N10O/c1-37-6-8-38(9-7-37)24-16-30-14-23-26(24)34-27(33-23)25-20-11-21(31-15-22(20)35-36-25)18-10-19(13-29-12-18)32-28(39)17-4-2-3-5-17/h10-17H,2-9H2,1H3,(H,32,39)(H,33,34)(H,35,36). The lowest BCUT2D eigenvalue weighted by Gasteiger charge is -2.33. The van der Waals surface area contributed by atoms with Gasteiger partial charge < -0.3 is 20.1 Å². The molecule has 2 fully saturated rings. The lowest BCUT2D eigenvalue weighted by molar-refractivity contribution is -0.119. The first-order valence-electron chi connectivity index (χ1n) is 13.5. The van der Waals surface area contributed by atoms with Crippen LogP contribution in [0.3, 0.4) is 0 Å². The summed E-state index contributed by atoms with van der Waals surface area (Å²) in [6.45, 7) is 3.89. The minimum absolute atomic E-state index is 0.0716. The van der Waals surface area contributed by atoms with Crippen molar-refractivity contribution in [2.45, 2.75) is 25.7 Å². The number of hydrogen-bond acceptors (Lipinski definition) is 8. The van der Waals surface area contributed by atoms with Crippen LogP contribution in [0.4, 0.5) is 11.4 Å². The highest BCUT2D eigenvalue weighted by Crippen LogP contribution is 2.32. The molecule has 1 aliphatic carbocycles. The molecule has 11 heteroatoms. The molecular formula is C28H30N10O. The number of pyridine rings is 3. The SMILES string of the molecule is CN1CCN(c2cncc3[nH]c(-c4n[nH]c5cnc(-c6cncc(NC(=O)C7CCCC7)c6)cc45)nc23)CC1. The molecule has 7 rings (SSSR count). The zero-order valence-electron chi connectivity index (χ0n) is 21.8. The summed E-state index contributed by atoms with van der Waals surface area (Å²) >= 11 is 0. The van der Waals surface area contributed by atoms with Crippen LogP contribution in [0.5, 0.6) is 0 Å². The third kappa shape index (κ3) is 4.48. The second-order valence-corrected chi connectivity index (χ2v) is 10.6. The number of aromatic amines is 2. The Labute approximate surface area is 225 Å². The van der Waals surface area contributed by atoms with E-state index in [2.05, 4.69) is 52.3 Å². The van der Waals surface area contributed by atoms with E-state index in [0.717, 1.165) is 90.7 Å². The fraction of sp³-hybridized carbons (Fsp3) is 0.357. The van der Waals surface area contributed by atoms with Gasteiger partial charge in [-0.2, -0.15) is 5.10 Å². The monoisotopic (exact) mass is 522 g/mol. The second-order valence-electron chi connectivity index (χ2n) is 10.6. The van der Waals surface area contributed by atoms with E-state index in [1.54, 1.807) is 18.6 Å². The van der Waals surface area contributed by atoms with E-state index in [9.17, 15) is 4.79 Å². The summed E-state index contributed by atoms with van der Waals surface area (Å²) in [5.74, 6) is 0.835. The maximum atomic E-state index is 12.6. The van der Waals surface area contributed by atoms with E-state index >= 15 is 0 Å². The molecule has 6 heterocycles. The number of anilines is 2. The lowest BCUT2D eigenvalue weighted by atomic mass is 10.1. The molecular weight excluding hydrogens is 492 g/mol. The summed E-state index contributed by atoms with van der Waals surface area (Å²) in [5.41, 5.74) is 6.57. The molecule has 198 valence electrons. The molecule has 2 aliphatic rings. The number of imidazole rings is 1. The van der Waals surface area contributed by atoms with Gasteiger partial charge in [-0.25, -0.2) is 4.98 Å². The van der Waals surface area contributed by atoms with E-state index in [1.165, 1.54) is 0 Å². The Hall–Kier alpha value is -4.38. The third-order valence-corrected chi connectivity index (χ3v) is 7.92. The van der Waals surface area contributed by atoms with Gasteiger partial charge in [-0.1, -0.05) is 12.8 Å². The Bertz CT molecular complexity index is 1660. The molecule has 1 aliphatic heterocycles. The maximum Gasteiger partial charge on any atom is 0.227 e. The van der Waals surface area contributed by atoms with E-state index < -0.39 is 0 Å². The molecule has 0 bridgehead atoms. The fourth-order valence-corrected chi connectivity index (χ4v) is 5.65. The molecule has 11 nitrogen and oxygen atoms in total. The number of nitrogens with zero attached hydrogens (tertiary/aromatic N) is 7. The highest BCUT2D eigenvalue weighted by molar-refractivity contribution is 5.97. The number of nitrogens with one attached hydrogen (secondary N) is 3. The lowest BCUT2D eigenvalue weighted by Crippen LogP contribution is -2.44. The number of carbonyl (C=O) groups excluding carboxylic acids is 1. The van der Waals surface area contributed by atoms with E-state index in [-0.39, 0.29) is 11.8 Å². The Morgan fingerprint density at radius 3 is 2.64 bits per heavy atom. The Morgan fingerprint density at radius 1 is 0.974 bits per heavy atom. The maximum absolute atomic E-state index is 12.6. The van der Waals surface area contributed by atoms with Gasteiger partial charge >= 0.3 is 0 Å². The normalized spacial score (nSPS) is 16.9. The minimum Gasteiger partial charge on any atom is -0.366 e. The summed E-state index contributed by atoms with van der Waals surface area (Å²) in [6, 6.07) is 3.91. The molecule has 0 spiro atoms. The average Bonchev–Trinajstić information content (AvgIpc) is 3.73. The summed E-state index contributed by atoms with van der Waals surface area (Å²) in [4.78, 5) is 39.2. The van der Waals surface area contributed by atoms with Crippen molar-refractivity contribution in [2.75, 3.05) is 43.4 Å². The molecule has 0 atom stereocenters. The summed E-state index contributed by atoms with van der Waals surface area (Å²) in [5, 5.41) is 11.6. The second kappa shape index (κ2) is 9.73. The number of hydrogen-bond donors (Lipinski definition) is 3.